The summed E-state index contributed by atoms with van der Waals surface area (Å²) in [6.07, 6.45) is 7.90. The van der Waals surface area contributed by atoms with E-state index in [2.05, 4.69) is 22.2 Å². The van der Waals surface area contributed by atoms with Gasteiger partial charge < -0.3 is 15.2 Å². The van der Waals surface area contributed by atoms with Gasteiger partial charge in [0.25, 0.3) is 5.69 Å². The van der Waals surface area contributed by atoms with Crippen molar-refractivity contribution in [2.24, 2.45) is 0 Å². The van der Waals surface area contributed by atoms with Crippen molar-refractivity contribution in [3.05, 3.63) is 58.1 Å². The van der Waals surface area contributed by atoms with Gasteiger partial charge in [0.1, 0.15) is 11.6 Å². The second-order valence-corrected chi connectivity index (χ2v) is 9.95. The maximum atomic E-state index is 14.0. The number of aromatic amines is 1. The predicted octanol–water partition coefficient (Wildman–Crippen LogP) is 7.52. The molecule has 2 amide bonds. The molecule has 3 aromatic rings. The molecule has 0 aliphatic carbocycles. The lowest BCUT2D eigenvalue weighted by Gasteiger charge is -2.23. The van der Waals surface area contributed by atoms with Crippen molar-refractivity contribution < 1.29 is 18.5 Å². The number of aromatic nitrogens is 2. The topological polar surface area (TPSA) is 104 Å². The molecule has 1 heterocycles. The molecule has 8 nitrogen and oxygen atoms in total. The van der Waals surface area contributed by atoms with Gasteiger partial charge in [-0.2, -0.15) is 0 Å². The molecule has 0 atom stereocenters. The van der Waals surface area contributed by atoms with Crippen LogP contribution in [0.3, 0.4) is 0 Å². The number of rotatable bonds is 15. The molecular weight excluding hydrogens is 500 g/mol. The number of amides is 2. The lowest BCUT2D eigenvalue weighted by atomic mass is 10.1. The number of benzene rings is 2. The Morgan fingerprint density at radius 3 is 2.49 bits per heavy atom. The number of nitro benzene ring substituents is 1. The lowest BCUT2D eigenvalue weighted by Crippen LogP contribution is -2.36. The molecule has 0 unspecified atom stereocenters. The van der Waals surface area contributed by atoms with Crippen LogP contribution in [0.4, 0.5) is 25.0 Å². The number of thioether (sulfide) groups is 1. The zero-order valence-electron chi connectivity index (χ0n) is 21.0. The first-order valence-corrected chi connectivity index (χ1v) is 13.6. The number of carbonyl (C=O) groups excluding carboxylic acids is 1. The molecule has 0 saturated carbocycles. The van der Waals surface area contributed by atoms with Crippen LogP contribution < -0.4 is 5.32 Å². The Balaban J connectivity index is 1.45. The zero-order chi connectivity index (χ0) is 26.6. The van der Waals surface area contributed by atoms with Crippen molar-refractivity contribution in [3.8, 4) is 0 Å². The Labute approximate surface area is 219 Å². The maximum absolute atomic E-state index is 14.0. The summed E-state index contributed by atoms with van der Waals surface area (Å²) in [5, 5.41) is 14.2. The van der Waals surface area contributed by atoms with Gasteiger partial charge in [0, 0.05) is 37.0 Å². The van der Waals surface area contributed by atoms with Crippen LogP contribution in [0.25, 0.3) is 11.0 Å². The Morgan fingerprint density at radius 2 is 1.78 bits per heavy atom. The van der Waals surface area contributed by atoms with E-state index in [1.165, 1.54) is 18.2 Å². The van der Waals surface area contributed by atoms with Crippen molar-refractivity contribution in [2.45, 2.75) is 63.4 Å². The largest absolute Gasteiger partial charge is 0.333 e. The second-order valence-electron chi connectivity index (χ2n) is 8.87. The average Bonchev–Trinajstić information content (AvgIpc) is 3.28. The number of imidazole rings is 1. The second kappa shape index (κ2) is 14.5. The van der Waals surface area contributed by atoms with Crippen molar-refractivity contribution in [1.29, 1.82) is 0 Å². The predicted molar refractivity (Wildman–Crippen MR) is 143 cm³/mol. The first-order chi connectivity index (χ1) is 17.9. The summed E-state index contributed by atoms with van der Waals surface area (Å²) in [5.41, 5.74) is 1.31. The number of nitrogens with zero attached hydrogens (tertiary/aromatic N) is 3. The highest BCUT2D eigenvalue weighted by Crippen LogP contribution is 2.24. The van der Waals surface area contributed by atoms with E-state index < -0.39 is 16.6 Å². The third kappa shape index (κ3) is 8.99. The number of non-ortho nitro benzene ring substituents is 1. The average molecular weight is 534 g/mol. The van der Waals surface area contributed by atoms with Gasteiger partial charge in [-0.05, 0) is 37.5 Å². The molecule has 2 N–H and O–H groups in total. The molecule has 11 heteroatoms. The first kappa shape index (κ1) is 28.4. The van der Waals surface area contributed by atoms with Crippen LogP contribution in [-0.2, 0) is 0 Å². The number of unbranched alkanes of at least 4 members (excludes halogenated alkanes) is 6. The minimum atomic E-state index is -0.798. The third-order valence-electron chi connectivity index (χ3n) is 5.96. The maximum Gasteiger partial charge on any atom is 0.321 e. The number of nitro groups is 1. The van der Waals surface area contributed by atoms with Crippen LogP contribution in [0.5, 0.6) is 0 Å². The van der Waals surface area contributed by atoms with Crippen molar-refractivity contribution in [2.75, 3.05) is 24.2 Å². The monoisotopic (exact) mass is 533 g/mol. The normalized spacial score (nSPS) is 11.1. The van der Waals surface area contributed by atoms with Crippen LogP contribution in [0, 0.1) is 21.7 Å². The summed E-state index contributed by atoms with van der Waals surface area (Å²) in [5.74, 6) is -0.676. The van der Waals surface area contributed by atoms with E-state index in [0.29, 0.717) is 29.3 Å². The Kier molecular flexibility index (Phi) is 11.1. The molecule has 200 valence electrons. The third-order valence-corrected chi connectivity index (χ3v) is 6.92. The number of hydrogen-bond acceptors (Lipinski definition) is 5. The smallest absolute Gasteiger partial charge is 0.321 e. The molecule has 2 aromatic carbocycles. The van der Waals surface area contributed by atoms with Crippen LogP contribution in [-0.4, -0.2) is 44.7 Å². The van der Waals surface area contributed by atoms with E-state index in [1.54, 1.807) is 22.7 Å². The zero-order valence-corrected chi connectivity index (χ0v) is 21.8. The van der Waals surface area contributed by atoms with Gasteiger partial charge in [-0.3, -0.25) is 10.1 Å². The number of hydrogen-bond donors (Lipinski definition) is 2. The molecule has 0 aliphatic rings. The van der Waals surface area contributed by atoms with Crippen LogP contribution in [0.2, 0.25) is 0 Å². The summed E-state index contributed by atoms with van der Waals surface area (Å²) in [4.78, 5) is 32.6. The number of fused-ring (bicyclic) bond motifs is 1. The van der Waals surface area contributed by atoms with Gasteiger partial charge in [0.15, 0.2) is 5.16 Å². The molecular formula is C26H33F2N5O3S. The number of urea groups is 1. The fraction of sp³-hybridized carbons (Fsp3) is 0.462. The van der Waals surface area contributed by atoms with E-state index in [4.69, 9.17) is 0 Å². The SMILES string of the molecule is CCCCCCCN(CCCCCSc1nc2ccc([N+](=O)[O-])cc2[nH]1)C(=O)Nc1ccc(F)cc1F. The molecule has 0 spiro atoms. The van der Waals surface area contributed by atoms with Crippen LogP contribution in [0.1, 0.15) is 58.3 Å². The molecule has 3 rings (SSSR count). The van der Waals surface area contributed by atoms with Gasteiger partial charge in [-0.15, -0.1) is 0 Å². The molecule has 37 heavy (non-hydrogen) atoms. The van der Waals surface area contributed by atoms with Crippen molar-refractivity contribution in [1.82, 2.24) is 14.9 Å². The minimum Gasteiger partial charge on any atom is -0.333 e. The van der Waals surface area contributed by atoms with Crippen LogP contribution in [0.15, 0.2) is 41.6 Å². The summed E-state index contributed by atoms with van der Waals surface area (Å²) in [7, 11) is 0. The highest BCUT2D eigenvalue weighted by atomic mass is 32.2. The summed E-state index contributed by atoms with van der Waals surface area (Å²) >= 11 is 1.55. The molecule has 0 fully saturated rings. The van der Waals surface area contributed by atoms with Crippen molar-refractivity contribution >= 4 is 40.2 Å². The molecule has 0 aliphatic heterocycles. The van der Waals surface area contributed by atoms with E-state index in [1.807, 2.05) is 0 Å². The minimum absolute atomic E-state index is 0.0221. The number of nitrogens with one attached hydrogen (secondary N) is 2. The van der Waals surface area contributed by atoms with Gasteiger partial charge >= 0.3 is 6.03 Å². The van der Waals surface area contributed by atoms with Gasteiger partial charge in [-0.25, -0.2) is 18.6 Å². The van der Waals surface area contributed by atoms with E-state index in [-0.39, 0.29) is 17.4 Å². The summed E-state index contributed by atoms with van der Waals surface area (Å²) in [6, 6.07) is 7.27. The summed E-state index contributed by atoms with van der Waals surface area (Å²) in [6.45, 7) is 3.27. The number of halogens is 2. The summed E-state index contributed by atoms with van der Waals surface area (Å²) < 4.78 is 27.2. The first-order valence-electron chi connectivity index (χ1n) is 12.7. The molecule has 1 aromatic heterocycles. The molecule has 0 saturated heterocycles. The number of H-pyrrole nitrogens is 1. The Bertz CT molecular complexity index is 1190. The quantitative estimate of drug-likeness (QED) is 0.0910. The molecule has 0 bridgehead atoms. The standard InChI is InChI=1S/C26H33F2N5O3S/c1-2-3-4-5-7-14-32(26(34)31-22-12-10-19(27)17-21(22)28)15-8-6-9-16-37-25-29-23-13-11-20(33(35)36)18-24(23)30-25/h10-13,17-18H,2-9,14-16H2,1H3,(H,29,30)(H,31,34). The lowest BCUT2D eigenvalue weighted by molar-refractivity contribution is -0.384. The van der Waals surface area contributed by atoms with Gasteiger partial charge in [0.05, 0.1) is 21.6 Å². The van der Waals surface area contributed by atoms with E-state index in [9.17, 15) is 23.7 Å². The fourth-order valence-electron chi connectivity index (χ4n) is 3.91. The fourth-order valence-corrected chi connectivity index (χ4v) is 4.80. The van der Waals surface area contributed by atoms with E-state index >= 15 is 0 Å². The number of carbonyl (C=O) groups is 1. The molecule has 0 radical (unpaired) electrons. The van der Waals surface area contributed by atoms with Gasteiger partial charge in [-0.1, -0.05) is 50.8 Å². The Morgan fingerprint density at radius 1 is 1.05 bits per heavy atom. The van der Waals surface area contributed by atoms with Crippen molar-refractivity contribution in [3.63, 3.8) is 0 Å². The van der Waals surface area contributed by atoms with Crippen LogP contribution >= 0.6 is 11.8 Å². The highest BCUT2D eigenvalue weighted by molar-refractivity contribution is 7.99. The highest BCUT2D eigenvalue weighted by Gasteiger charge is 2.15. The van der Waals surface area contributed by atoms with Gasteiger partial charge in [0.2, 0.25) is 0 Å². The Hall–Kier alpha value is -3.21. The number of anilines is 1. The van der Waals surface area contributed by atoms with E-state index in [0.717, 1.165) is 69.3 Å².